The molecule has 3 atom stereocenters. The number of fused-ring (bicyclic) bond motifs is 3. The van der Waals surface area contributed by atoms with Crippen LogP contribution in [0.2, 0.25) is 0 Å². The summed E-state index contributed by atoms with van der Waals surface area (Å²) in [5, 5.41) is 11.6. The predicted molar refractivity (Wildman–Crippen MR) is 190 cm³/mol. The molecule has 0 spiro atoms. The van der Waals surface area contributed by atoms with Crippen molar-refractivity contribution < 1.29 is 23.1 Å². The maximum absolute atomic E-state index is 16.3. The third-order valence-electron chi connectivity index (χ3n) is 9.81. The predicted octanol–water partition coefficient (Wildman–Crippen LogP) is 7.43. The van der Waals surface area contributed by atoms with Crippen LogP contribution in [-0.2, 0) is 16.6 Å². The molecule has 1 N–H and O–H groups in total. The van der Waals surface area contributed by atoms with Crippen molar-refractivity contribution in [3.63, 3.8) is 0 Å². The topological polar surface area (TPSA) is 94.3 Å². The summed E-state index contributed by atoms with van der Waals surface area (Å²) >= 11 is 1.43. The van der Waals surface area contributed by atoms with Gasteiger partial charge < -0.3 is 19.5 Å². The summed E-state index contributed by atoms with van der Waals surface area (Å²) in [4.78, 5) is 31.7. The average Bonchev–Trinajstić information content (AvgIpc) is 3.92. The summed E-state index contributed by atoms with van der Waals surface area (Å²) in [6, 6.07) is 13.6. The van der Waals surface area contributed by atoms with Crippen molar-refractivity contribution in [1.29, 1.82) is 0 Å². The average molecular weight is 693 g/mol. The largest absolute Gasteiger partial charge is 0.492 e. The molecule has 4 aromatic heterocycles. The third kappa shape index (κ3) is 5.25. The number of halogens is 2. The van der Waals surface area contributed by atoms with E-state index in [2.05, 4.69) is 28.6 Å². The van der Waals surface area contributed by atoms with E-state index in [1.54, 1.807) is 4.90 Å². The van der Waals surface area contributed by atoms with Gasteiger partial charge in [0, 0.05) is 82.9 Å². The number of carbonyl (C=O) groups is 2. The molecule has 12 heteroatoms. The minimum atomic E-state index is -0.801. The molecule has 0 aliphatic carbocycles. The number of aromatic nitrogens is 4. The first-order chi connectivity index (χ1) is 24.1. The Morgan fingerprint density at radius 1 is 1.12 bits per heavy atom. The van der Waals surface area contributed by atoms with Crippen LogP contribution in [0.15, 0.2) is 72.8 Å². The summed E-state index contributed by atoms with van der Waals surface area (Å²) in [6.45, 7) is 8.57. The van der Waals surface area contributed by atoms with Crippen LogP contribution in [0, 0.1) is 17.6 Å². The Balaban J connectivity index is 1.37. The SMILES string of the molecule is C=CC(=O)N1C[C@H](C)n2nc(-c3nc(-c4ccc5c(ccn5C)c4)c4ccsc4c3-c3c(F)cc(F)cc3OC[C@H]3CNC(=O)C3)cc2[C@H]1C. The van der Waals surface area contributed by atoms with Gasteiger partial charge in [0.15, 0.2) is 0 Å². The molecule has 8 rings (SSSR count). The van der Waals surface area contributed by atoms with E-state index in [9.17, 15) is 14.0 Å². The number of hydrogen-bond acceptors (Lipinski definition) is 6. The molecule has 1 saturated heterocycles. The summed E-state index contributed by atoms with van der Waals surface area (Å²) < 4.78 is 42.1. The molecule has 0 unspecified atom stereocenters. The van der Waals surface area contributed by atoms with Crippen molar-refractivity contribution in [3.05, 3.63) is 90.1 Å². The first kappa shape index (κ1) is 31.9. The Morgan fingerprint density at radius 2 is 1.96 bits per heavy atom. The van der Waals surface area contributed by atoms with Crippen LogP contribution in [0.5, 0.6) is 5.75 Å². The highest BCUT2D eigenvalue weighted by molar-refractivity contribution is 7.18. The van der Waals surface area contributed by atoms with E-state index in [1.165, 1.54) is 23.5 Å². The summed E-state index contributed by atoms with van der Waals surface area (Å²) in [6.07, 6.45) is 3.59. The van der Waals surface area contributed by atoms with E-state index in [0.717, 1.165) is 38.3 Å². The van der Waals surface area contributed by atoms with Gasteiger partial charge in [-0.1, -0.05) is 12.6 Å². The minimum Gasteiger partial charge on any atom is -0.492 e. The number of hydrogen-bond donors (Lipinski definition) is 1. The second-order valence-corrected chi connectivity index (χ2v) is 14.0. The number of carbonyl (C=O) groups excluding carboxylic acids is 2. The number of aryl methyl sites for hydroxylation is 1. The van der Waals surface area contributed by atoms with E-state index in [-0.39, 0.29) is 54.2 Å². The first-order valence-electron chi connectivity index (χ1n) is 16.5. The molecule has 2 aliphatic heterocycles. The fourth-order valence-electron chi connectivity index (χ4n) is 7.26. The zero-order valence-corrected chi connectivity index (χ0v) is 28.6. The van der Waals surface area contributed by atoms with Crippen molar-refractivity contribution in [2.45, 2.75) is 32.4 Å². The molecular formula is C38H34F2N6O3S. The lowest BCUT2D eigenvalue weighted by Gasteiger charge is -2.36. The van der Waals surface area contributed by atoms with Crippen LogP contribution in [0.4, 0.5) is 8.78 Å². The molecule has 1 fully saturated rings. The molecule has 6 heterocycles. The van der Waals surface area contributed by atoms with E-state index < -0.39 is 11.6 Å². The lowest BCUT2D eigenvalue weighted by Crippen LogP contribution is -2.42. The van der Waals surface area contributed by atoms with Gasteiger partial charge in [-0.15, -0.1) is 11.3 Å². The maximum atomic E-state index is 16.3. The van der Waals surface area contributed by atoms with Gasteiger partial charge in [-0.05, 0) is 55.6 Å². The van der Waals surface area contributed by atoms with Crippen LogP contribution in [0.25, 0.3) is 54.8 Å². The third-order valence-corrected chi connectivity index (χ3v) is 10.7. The second kappa shape index (κ2) is 12.2. The van der Waals surface area contributed by atoms with Gasteiger partial charge in [0.2, 0.25) is 11.8 Å². The zero-order chi connectivity index (χ0) is 34.8. The van der Waals surface area contributed by atoms with Crippen LogP contribution < -0.4 is 10.1 Å². The highest BCUT2D eigenvalue weighted by Crippen LogP contribution is 2.48. The number of nitrogens with one attached hydrogen (secondary N) is 1. The molecule has 2 aromatic carbocycles. The summed E-state index contributed by atoms with van der Waals surface area (Å²) in [7, 11) is 1.99. The molecular weight excluding hydrogens is 659 g/mol. The van der Waals surface area contributed by atoms with E-state index in [4.69, 9.17) is 14.8 Å². The van der Waals surface area contributed by atoms with Crippen LogP contribution in [-0.4, -0.2) is 55.7 Å². The Hall–Kier alpha value is -5.36. The number of amides is 2. The Labute approximate surface area is 290 Å². The van der Waals surface area contributed by atoms with Gasteiger partial charge in [0.1, 0.15) is 28.8 Å². The molecule has 254 valence electrons. The number of thiophene rings is 1. The highest BCUT2D eigenvalue weighted by atomic mass is 32.1. The molecule has 2 amide bonds. The number of pyridine rings is 1. The normalized spacial score (nSPS) is 18.9. The van der Waals surface area contributed by atoms with Gasteiger partial charge in [0.05, 0.1) is 35.6 Å². The van der Waals surface area contributed by atoms with Gasteiger partial charge in [-0.25, -0.2) is 13.8 Å². The quantitative estimate of drug-likeness (QED) is 0.176. The molecule has 0 bridgehead atoms. The van der Waals surface area contributed by atoms with Gasteiger partial charge >= 0.3 is 0 Å². The Bertz CT molecular complexity index is 2360. The van der Waals surface area contributed by atoms with Gasteiger partial charge in [-0.3, -0.25) is 14.3 Å². The Kier molecular flexibility index (Phi) is 7.78. The highest BCUT2D eigenvalue weighted by Gasteiger charge is 2.34. The van der Waals surface area contributed by atoms with Crippen molar-refractivity contribution in [2.75, 3.05) is 19.7 Å². The molecule has 6 aromatic rings. The fourth-order valence-corrected chi connectivity index (χ4v) is 8.20. The molecule has 50 heavy (non-hydrogen) atoms. The Morgan fingerprint density at radius 3 is 2.74 bits per heavy atom. The van der Waals surface area contributed by atoms with Crippen LogP contribution in [0.1, 0.15) is 38.0 Å². The second-order valence-electron chi connectivity index (χ2n) is 13.1. The molecule has 0 radical (unpaired) electrons. The van der Waals surface area contributed by atoms with Gasteiger partial charge in [-0.2, -0.15) is 5.10 Å². The summed E-state index contributed by atoms with van der Waals surface area (Å²) in [5.74, 6) is -1.96. The lowest BCUT2D eigenvalue weighted by molar-refractivity contribution is -0.129. The van der Waals surface area contributed by atoms with Crippen molar-refractivity contribution in [3.8, 4) is 39.5 Å². The number of rotatable bonds is 7. The molecule has 0 saturated carbocycles. The minimum absolute atomic E-state index is 0.0199. The monoisotopic (exact) mass is 692 g/mol. The standard InChI is InChI=1S/C38H34F2N6O3S/c1-5-33(48)45-18-20(2)46-30(21(45)3)16-28(43-46)37-35(34-27(40)14-25(39)15-31(34)49-19-22-12-32(47)41-17-22)38-26(9-11-50-38)36(42-37)24-6-7-29-23(13-24)8-10-44(29)4/h5-11,13-16,20-22H,1,12,17-19H2,2-4H3,(H,41,47)/t20-,21+,22+/m0/s1. The fraction of sp³-hybridized carbons (Fsp3) is 0.263. The van der Waals surface area contributed by atoms with Crippen LogP contribution in [0.3, 0.4) is 0 Å². The summed E-state index contributed by atoms with van der Waals surface area (Å²) in [5.41, 5.74) is 4.84. The van der Waals surface area contributed by atoms with E-state index >= 15 is 4.39 Å². The number of benzene rings is 2. The van der Waals surface area contributed by atoms with E-state index in [1.807, 2.05) is 61.4 Å². The molecule has 2 aliphatic rings. The molecule has 9 nitrogen and oxygen atoms in total. The first-order valence-corrected chi connectivity index (χ1v) is 17.4. The smallest absolute Gasteiger partial charge is 0.246 e. The van der Waals surface area contributed by atoms with Crippen LogP contribution >= 0.6 is 11.3 Å². The van der Waals surface area contributed by atoms with Gasteiger partial charge in [0.25, 0.3) is 0 Å². The van der Waals surface area contributed by atoms with Crippen molar-refractivity contribution in [2.24, 2.45) is 13.0 Å². The zero-order valence-electron chi connectivity index (χ0n) is 27.7. The number of ether oxygens (including phenoxy) is 1. The van der Waals surface area contributed by atoms with Crippen molar-refractivity contribution in [1.82, 2.24) is 29.5 Å². The van der Waals surface area contributed by atoms with Crippen molar-refractivity contribution >= 4 is 44.1 Å². The van der Waals surface area contributed by atoms with E-state index in [0.29, 0.717) is 35.7 Å². The number of nitrogens with zero attached hydrogens (tertiary/aromatic N) is 5. The maximum Gasteiger partial charge on any atom is 0.246 e. The lowest BCUT2D eigenvalue weighted by atomic mass is 9.96.